The molecule has 1 unspecified atom stereocenters. The Morgan fingerprint density at radius 3 is 2.33 bits per heavy atom. The van der Waals surface area contributed by atoms with E-state index < -0.39 is 0 Å². The largest absolute Gasteiger partial charge is 0.327 e. The number of rotatable bonds is 4. The smallest absolute Gasteiger partial charge is 0.294 e. The van der Waals surface area contributed by atoms with Crippen molar-refractivity contribution in [1.82, 2.24) is 0 Å². The van der Waals surface area contributed by atoms with Gasteiger partial charge >= 0.3 is 8.69 Å². The van der Waals surface area contributed by atoms with Crippen LogP contribution in [0.2, 0.25) is 0 Å². The summed E-state index contributed by atoms with van der Waals surface area (Å²) in [6.07, 6.45) is 0. The average Bonchev–Trinajstić information content (AvgIpc) is 1.82. The minimum absolute atomic E-state index is 0.205. The fraction of sp³-hybridized carbons (Fsp3) is 1.00. The molecule has 2 nitrogen and oxygen atoms in total. The highest BCUT2D eigenvalue weighted by atomic mass is 31.1. The molecule has 0 aromatic heterocycles. The lowest BCUT2D eigenvalue weighted by atomic mass is 10.00. The Hall–Kier alpha value is 0.0600. The Morgan fingerprint density at radius 1 is 1.44 bits per heavy atom. The molecular weight excluding hydrogens is 135 g/mol. The van der Waals surface area contributed by atoms with Gasteiger partial charge in [-0.25, -0.2) is 4.57 Å². The normalized spacial score (nSPS) is 14.7. The van der Waals surface area contributed by atoms with Crippen molar-refractivity contribution >= 4 is 8.69 Å². The van der Waals surface area contributed by atoms with E-state index in [0.717, 1.165) is 0 Å². The maximum absolute atomic E-state index is 9.81. The van der Waals surface area contributed by atoms with Gasteiger partial charge in [0.25, 0.3) is 0 Å². The van der Waals surface area contributed by atoms with Crippen LogP contribution < -0.4 is 0 Å². The highest BCUT2D eigenvalue weighted by Gasteiger charge is 2.05. The van der Waals surface area contributed by atoms with Gasteiger partial charge < -0.3 is 0 Å². The Balaban J connectivity index is 3.26. The molecule has 0 aliphatic heterocycles. The third-order valence-electron chi connectivity index (χ3n) is 1.53. The molecule has 0 aromatic carbocycles. The first kappa shape index (κ1) is 9.06. The first-order chi connectivity index (χ1) is 4.18. The zero-order valence-corrected chi connectivity index (χ0v) is 7.02. The minimum Gasteiger partial charge on any atom is -0.294 e. The molecule has 1 atom stereocenters. The van der Waals surface area contributed by atoms with Gasteiger partial charge in [0.05, 0.1) is 6.61 Å². The SMILES string of the molecule is CC(C)C(C)COP=O. The molecule has 0 radical (unpaired) electrons. The summed E-state index contributed by atoms with van der Waals surface area (Å²) in [5, 5.41) is 0. The monoisotopic (exact) mass is 148 g/mol. The van der Waals surface area contributed by atoms with E-state index in [9.17, 15) is 4.57 Å². The minimum atomic E-state index is -0.205. The standard InChI is InChI=1S/C6H13O2P/c1-5(2)6(3)4-8-9-7/h5-6H,4H2,1-3H3. The van der Waals surface area contributed by atoms with E-state index in [1.54, 1.807) is 0 Å². The lowest BCUT2D eigenvalue weighted by molar-refractivity contribution is 0.240. The highest BCUT2D eigenvalue weighted by Crippen LogP contribution is 2.11. The van der Waals surface area contributed by atoms with E-state index in [4.69, 9.17) is 0 Å². The van der Waals surface area contributed by atoms with Crippen LogP contribution in [0.4, 0.5) is 0 Å². The zero-order valence-electron chi connectivity index (χ0n) is 6.13. The predicted octanol–water partition coefficient (Wildman–Crippen LogP) is 2.50. The summed E-state index contributed by atoms with van der Waals surface area (Å²) in [6, 6.07) is 0. The summed E-state index contributed by atoms with van der Waals surface area (Å²) in [6.45, 7) is 6.91. The molecule has 0 bridgehead atoms. The molecule has 0 saturated carbocycles. The molecule has 0 N–H and O–H groups in total. The molecule has 9 heavy (non-hydrogen) atoms. The van der Waals surface area contributed by atoms with Crippen LogP contribution in [0.5, 0.6) is 0 Å². The fourth-order valence-electron chi connectivity index (χ4n) is 0.340. The molecule has 3 heteroatoms. The molecule has 0 aromatic rings. The van der Waals surface area contributed by atoms with Gasteiger partial charge in [-0.05, 0) is 11.8 Å². The topological polar surface area (TPSA) is 26.3 Å². The van der Waals surface area contributed by atoms with E-state index in [-0.39, 0.29) is 8.69 Å². The summed E-state index contributed by atoms with van der Waals surface area (Å²) >= 11 is 0. The summed E-state index contributed by atoms with van der Waals surface area (Å²) in [5.74, 6) is 1.10. The molecule has 0 heterocycles. The molecule has 0 aliphatic carbocycles. The van der Waals surface area contributed by atoms with Crippen molar-refractivity contribution in [2.75, 3.05) is 6.61 Å². The first-order valence-corrected chi connectivity index (χ1v) is 3.86. The molecule has 0 rings (SSSR count). The van der Waals surface area contributed by atoms with Crippen molar-refractivity contribution in [3.63, 3.8) is 0 Å². The van der Waals surface area contributed by atoms with Crippen LogP contribution in [0.3, 0.4) is 0 Å². The van der Waals surface area contributed by atoms with Crippen LogP contribution in [0.25, 0.3) is 0 Å². The molecule has 0 amide bonds. The first-order valence-electron chi connectivity index (χ1n) is 3.13. The Kier molecular flexibility index (Phi) is 4.93. The van der Waals surface area contributed by atoms with Gasteiger partial charge in [0.1, 0.15) is 0 Å². The van der Waals surface area contributed by atoms with E-state index >= 15 is 0 Å². The number of hydrogen-bond acceptors (Lipinski definition) is 2. The second-order valence-electron chi connectivity index (χ2n) is 2.59. The van der Waals surface area contributed by atoms with Crippen LogP contribution in [0.1, 0.15) is 20.8 Å². The maximum Gasteiger partial charge on any atom is 0.327 e. The lowest BCUT2D eigenvalue weighted by Crippen LogP contribution is -2.08. The fourth-order valence-corrected chi connectivity index (χ4v) is 0.636. The molecular formula is C6H13O2P. The van der Waals surface area contributed by atoms with Gasteiger partial charge in [0, 0.05) is 0 Å². The summed E-state index contributed by atoms with van der Waals surface area (Å²) in [5.41, 5.74) is 0. The predicted molar refractivity (Wildman–Crippen MR) is 37.6 cm³/mol. The quantitative estimate of drug-likeness (QED) is 0.572. The Morgan fingerprint density at radius 2 is 2.00 bits per heavy atom. The van der Waals surface area contributed by atoms with Gasteiger partial charge in [-0.3, -0.25) is 4.52 Å². The van der Waals surface area contributed by atoms with Crippen LogP contribution in [-0.4, -0.2) is 6.61 Å². The molecule has 54 valence electrons. The van der Waals surface area contributed by atoms with Crippen LogP contribution in [-0.2, 0) is 9.09 Å². The van der Waals surface area contributed by atoms with E-state index in [2.05, 4.69) is 25.3 Å². The second-order valence-corrected chi connectivity index (χ2v) is 3.00. The van der Waals surface area contributed by atoms with Crippen molar-refractivity contribution in [2.45, 2.75) is 20.8 Å². The van der Waals surface area contributed by atoms with Gasteiger partial charge in [-0.15, -0.1) is 0 Å². The van der Waals surface area contributed by atoms with Crippen molar-refractivity contribution in [2.24, 2.45) is 11.8 Å². The maximum atomic E-state index is 9.81. The Bertz CT molecular complexity index is 83.1. The molecule has 0 spiro atoms. The van der Waals surface area contributed by atoms with E-state index in [0.29, 0.717) is 18.4 Å². The second kappa shape index (κ2) is 4.89. The van der Waals surface area contributed by atoms with Crippen molar-refractivity contribution < 1.29 is 9.09 Å². The third-order valence-corrected chi connectivity index (χ3v) is 1.78. The van der Waals surface area contributed by atoms with Crippen molar-refractivity contribution in [3.8, 4) is 0 Å². The summed E-state index contributed by atoms with van der Waals surface area (Å²) in [4.78, 5) is 0. The van der Waals surface area contributed by atoms with Gasteiger partial charge in [-0.1, -0.05) is 20.8 Å². The van der Waals surface area contributed by atoms with E-state index in [1.807, 2.05) is 0 Å². The molecule has 0 saturated heterocycles. The van der Waals surface area contributed by atoms with Crippen molar-refractivity contribution in [1.29, 1.82) is 0 Å². The van der Waals surface area contributed by atoms with Gasteiger partial charge in [0.15, 0.2) is 0 Å². The third kappa shape index (κ3) is 4.56. The van der Waals surface area contributed by atoms with Crippen LogP contribution in [0, 0.1) is 11.8 Å². The lowest BCUT2D eigenvalue weighted by Gasteiger charge is -2.11. The van der Waals surface area contributed by atoms with Gasteiger partial charge in [-0.2, -0.15) is 0 Å². The Labute approximate surface area is 57.9 Å². The zero-order chi connectivity index (χ0) is 7.28. The van der Waals surface area contributed by atoms with Crippen LogP contribution >= 0.6 is 8.69 Å². The molecule has 0 fully saturated rings. The highest BCUT2D eigenvalue weighted by molar-refractivity contribution is 7.17. The summed E-state index contributed by atoms with van der Waals surface area (Å²) in [7, 11) is -0.205. The van der Waals surface area contributed by atoms with Crippen molar-refractivity contribution in [3.05, 3.63) is 0 Å². The molecule has 0 aliphatic rings. The summed E-state index contributed by atoms with van der Waals surface area (Å²) < 4.78 is 14.5. The van der Waals surface area contributed by atoms with Crippen LogP contribution in [0.15, 0.2) is 0 Å². The van der Waals surface area contributed by atoms with E-state index in [1.165, 1.54) is 0 Å². The van der Waals surface area contributed by atoms with Gasteiger partial charge in [0.2, 0.25) is 0 Å². The average molecular weight is 148 g/mol. The number of hydrogen-bond donors (Lipinski definition) is 0.